The summed E-state index contributed by atoms with van der Waals surface area (Å²) in [5.74, 6) is 0.761. The van der Waals surface area contributed by atoms with Crippen molar-refractivity contribution in [1.82, 2.24) is 23.8 Å². The van der Waals surface area contributed by atoms with E-state index in [0.29, 0.717) is 5.78 Å². The third-order valence-electron chi connectivity index (χ3n) is 5.52. The van der Waals surface area contributed by atoms with Crippen molar-refractivity contribution in [2.45, 2.75) is 25.3 Å². The molecule has 1 amide bonds. The zero-order chi connectivity index (χ0) is 18.4. The number of aryl methyl sites for hydroxylation is 1. The SMILES string of the molecule is Cn1cc(C(=O)N2CCCC[C@@H]2c2ccn3ccnc3n2)c2ccccc21. The number of fused-ring (bicyclic) bond motifs is 2. The number of hydrogen-bond acceptors (Lipinski definition) is 3. The monoisotopic (exact) mass is 359 g/mol. The predicted octanol–water partition coefficient (Wildman–Crippen LogP) is 3.59. The molecule has 0 bridgehead atoms. The molecule has 27 heavy (non-hydrogen) atoms. The Balaban J connectivity index is 1.55. The van der Waals surface area contributed by atoms with Gasteiger partial charge in [0.1, 0.15) is 0 Å². The minimum atomic E-state index is -0.00748. The van der Waals surface area contributed by atoms with Crippen LogP contribution < -0.4 is 0 Å². The zero-order valence-electron chi connectivity index (χ0n) is 15.2. The molecule has 4 aromatic rings. The molecule has 1 aliphatic heterocycles. The van der Waals surface area contributed by atoms with Gasteiger partial charge in [-0.2, -0.15) is 0 Å². The Bertz CT molecular complexity index is 1140. The van der Waals surface area contributed by atoms with E-state index < -0.39 is 0 Å². The third kappa shape index (κ3) is 2.60. The smallest absolute Gasteiger partial charge is 0.256 e. The largest absolute Gasteiger partial charge is 0.350 e. The van der Waals surface area contributed by atoms with Crippen LogP contribution in [0.3, 0.4) is 0 Å². The molecule has 1 fully saturated rings. The first-order chi connectivity index (χ1) is 13.2. The lowest BCUT2D eigenvalue weighted by atomic mass is 9.98. The van der Waals surface area contributed by atoms with E-state index in [9.17, 15) is 4.79 Å². The van der Waals surface area contributed by atoms with E-state index in [4.69, 9.17) is 4.98 Å². The van der Waals surface area contributed by atoms with Crippen molar-refractivity contribution in [2.24, 2.45) is 7.05 Å². The number of aromatic nitrogens is 4. The Kier molecular flexibility index (Phi) is 3.70. The first kappa shape index (κ1) is 16.1. The van der Waals surface area contributed by atoms with Crippen molar-refractivity contribution >= 4 is 22.6 Å². The highest BCUT2D eigenvalue weighted by molar-refractivity contribution is 6.07. The summed E-state index contributed by atoms with van der Waals surface area (Å²) in [5, 5.41) is 1.01. The van der Waals surface area contributed by atoms with Gasteiger partial charge in [-0.15, -0.1) is 0 Å². The zero-order valence-corrected chi connectivity index (χ0v) is 15.2. The second-order valence-corrected chi connectivity index (χ2v) is 7.17. The van der Waals surface area contributed by atoms with Crippen molar-refractivity contribution in [3.63, 3.8) is 0 Å². The highest BCUT2D eigenvalue weighted by atomic mass is 16.2. The fourth-order valence-electron chi connectivity index (χ4n) is 4.15. The van der Waals surface area contributed by atoms with Crippen LogP contribution in [-0.4, -0.2) is 36.3 Å². The van der Waals surface area contributed by atoms with Crippen LogP contribution in [0.1, 0.15) is 41.4 Å². The van der Waals surface area contributed by atoms with Crippen LogP contribution in [0.4, 0.5) is 0 Å². The average Bonchev–Trinajstić information content (AvgIpc) is 3.32. The van der Waals surface area contributed by atoms with Gasteiger partial charge in [0.15, 0.2) is 0 Å². The maximum Gasteiger partial charge on any atom is 0.256 e. The summed E-state index contributed by atoms with van der Waals surface area (Å²) >= 11 is 0. The van der Waals surface area contributed by atoms with E-state index in [2.05, 4.69) is 4.98 Å². The molecule has 0 aliphatic carbocycles. The van der Waals surface area contributed by atoms with Crippen LogP contribution in [0.2, 0.25) is 0 Å². The number of likely N-dealkylation sites (tertiary alicyclic amines) is 1. The van der Waals surface area contributed by atoms with Crippen LogP contribution >= 0.6 is 0 Å². The molecule has 0 saturated carbocycles. The molecule has 5 rings (SSSR count). The molecule has 0 spiro atoms. The number of piperidine rings is 1. The Morgan fingerprint density at radius 2 is 2.04 bits per heavy atom. The number of para-hydroxylation sites is 1. The lowest BCUT2D eigenvalue weighted by Gasteiger charge is -2.35. The summed E-state index contributed by atoms with van der Waals surface area (Å²) < 4.78 is 3.92. The van der Waals surface area contributed by atoms with E-state index in [1.807, 2.05) is 69.8 Å². The number of carbonyl (C=O) groups is 1. The molecular weight excluding hydrogens is 338 g/mol. The van der Waals surface area contributed by atoms with E-state index in [-0.39, 0.29) is 11.9 Å². The number of imidazole rings is 1. The van der Waals surface area contributed by atoms with E-state index in [1.54, 1.807) is 6.20 Å². The van der Waals surface area contributed by atoms with E-state index in [0.717, 1.165) is 48.0 Å². The maximum absolute atomic E-state index is 13.5. The van der Waals surface area contributed by atoms with Gasteiger partial charge >= 0.3 is 0 Å². The number of hydrogen-bond donors (Lipinski definition) is 0. The first-order valence-electron chi connectivity index (χ1n) is 9.37. The number of nitrogens with zero attached hydrogens (tertiary/aromatic N) is 5. The normalized spacial score (nSPS) is 17.7. The Morgan fingerprint density at radius 3 is 2.96 bits per heavy atom. The maximum atomic E-state index is 13.5. The minimum Gasteiger partial charge on any atom is -0.350 e. The molecule has 6 nitrogen and oxygen atoms in total. The highest BCUT2D eigenvalue weighted by Crippen LogP contribution is 2.33. The van der Waals surface area contributed by atoms with Gasteiger partial charge in [-0.1, -0.05) is 18.2 Å². The van der Waals surface area contributed by atoms with Gasteiger partial charge in [-0.05, 0) is 31.4 Å². The molecule has 6 heteroatoms. The molecule has 4 heterocycles. The van der Waals surface area contributed by atoms with Crippen molar-refractivity contribution in [2.75, 3.05) is 6.54 Å². The van der Waals surface area contributed by atoms with Crippen LogP contribution in [0.5, 0.6) is 0 Å². The van der Waals surface area contributed by atoms with Crippen LogP contribution in [0.15, 0.2) is 55.1 Å². The molecule has 1 atom stereocenters. The Labute approximate surface area is 157 Å². The molecule has 3 aromatic heterocycles. The van der Waals surface area contributed by atoms with Crippen molar-refractivity contribution in [3.05, 3.63) is 66.4 Å². The molecule has 0 radical (unpaired) electrons. The van der Waals surface area contributed by atoms with E-state index >= 15 is 0 Å². The summed E-state index contributed by atoms with van der Waals surface area (Å²) in [4.78, 5) is 24.5. The summed E-state index contributed by atoms with van der Waals surface area (Å²) in [6.07, 6.45) is 10.6. The number of rotatable bonds is 2. The van der Waals surface area contributed by atoms with Gasteiger partial charge in [-0.3, -0.25) is 9.20 Å². The lowest BCUT2D eigenvalue weighted by Crippen LogP contribution is -2.38. The topological polar surface area (TPSA) is 55.4 Å². The quantitative estimate of drug-likeness (QED) is 0.550. The number of benzene rings is 1. The highest BCUT2D eigenvalue weighted by Gasteiger charge is 2.31. The second kappa shape index (κ2) is 6.23. The van der Waals surface area contributed by atoms with Gasteiger partial charge in [-0.25, -0.2) is 9.97 Å². The van der Waals surface area contributed by atoms with Crippen molar-refractivity contribution < 1.29 is 4.79 Å². The fraction of sp³-hybridized carbons (Fsp3) is 0.286. The molecule has 1 aromatic carbocycles. The first-order valence-corrected chi connectivity index (χ1v) is 9.37. The van der Waals surface area contributed by atoms with Gasteiger partial charge in [0.25, 0.3) is 5.91 Å². The van der Waals surface area contributed by atoms with Gasteiger partial charge in [0, 0.05) is 49.3 Å². The summed E-state index contributed by atoms with van der Waals surface area (Å²) in [6.45, 7) is 0.758. The molecule has 0 N–H and O–H groups in total. The van der Waals surface area contributed by atoms with Crippen molar-refractivity contribution in [1.29, 1.82) is 0 Å². The Morgan fingerprint density at radius 1 is 1.15 bits per heavy atom. The van der Waals surface area contributed by atoms with Gasteiger partial charge in [0.05, 0.1) is 17.3 Å². The van der Waals surface area contributed by atoms with Crippen LogP contribution in [0, 0.1) is 0 Å². The van der Waals surface area contributed by atoms with Crippen LogP contribution in [0.25, 0.3) is 16.7 Å². The van der Waals surface area contributed by atoms with Crippen molar-refractivity contribution in [3.8, 4) is 0 Å². The number of amides is 1. The van der Waals surface area contributed by atoms with Gasteiger partial charge in [0.2, 0.25) is 5.78 Å². The Hall–Kier alpha value is -3.15. The standard InChI is InChI=1S/C21H21N5O/c1-24-14-16(15-6-2-3-7-18(15)24)20(27)26-11-5-4-8-19(26)17-9-12-25-13-10-22-21(25)23-17/h2-3,6-7,9-10,12-14,19H,4-5,8,11H2,1H3/t19-/m1/s1. The van der Waals surface area contributed by atoms with E-state index in [1.165, 1.54) is 0 Å². The summed E-state index contributed by atoms with van der Waals surface area (Å²) in [6, 6.07) is 10.1. The fourth-order valence-corrected chi connectivity index (χ4v) is 4.15. The third-order valence-corrected chi connectivity index (χ3v) is 5.52. The molecule has 0 unspecified atom stereocenters. The molecule has 136 valence electrons. The summed E-state index contributed by atoms with van der Waals surface area (Å²) in [5.41, 5.74) is 2.76. The molecule has 1 saturated heterocycles. The van der Waals surface area contributed by atoms with Crippen LogP contribution in [-0.2, 0) is 7.05 Å². The molecular formula is C21H21N5O. The lowest BCUT2D eigenvalue weighted by molar-refractivity contribution is 0.0608. The molecule has 1 aliphatic rings. The average molecular weight is 359 g/mol. The summed E-state index contributed by atoms with van der Waals surface area (Å²) in [7, 11) is 1.99. The predicted molar refractivity (Wildman–Crippen MR) is 104 cm³/mol. The minimum absolute atomic E-state index is 0.00748. The van der Waals surface area contributed by atoms with Gasteiger partial charge < -0.3 is 9.47 Å². The second-order valence-electron chi connectivity index (χ2n) is 7.17. The number of carbonyl (C=O) groups excluding carboxylic acids is 1.